The molecule has 0 spiro atoms. The summed E-state index contributed by atoms with van der Waals surface area (Å²) in [5, 5.41) is 0. The molecule has 0 amide bonds. The van der Waals surface area contributed by atoms with E-state index < -0.39 is 0 Å². The molecular weight excluding hydrogens is 175 g/mol. The second-order valence-corrected chi connectivity index (χ2v) is 3.38. The quantitative estimate of drug-likeness (QED) is 0.635. The van der Waals surface area contributed by atoms with Crippen molar-refractivity contribution in [3.8, 4) is 0 Å². The largest absolute Gasteiger partial charge is 0.247 e. The van der Waals surface area contributed by atoms with Crippen molar-refractivity contribution in [1.82, 2.24) is 0 Å². The molecule has 0 heterocycles. The molecule has 1 radical (unpaired) electrons. The molecule has 0 N–H and O–H groups in total. The molecule has 1 heteroatoms. The summed E-state index contributed by atoms with van der Waals surface area (Å²) in [6, 6.07) is 9.07. The third kappa shape index (κ3) is 1.77. The lowest BCUT2D eigenvalue weighted by atomic mass is 9.97. The third-order valence-corrected chi connectivity index (χ3v) is 2.48. The summed E-state index contributed by atoms with van der Waals surface area (Å²) < 4.78 is 11.9. The van der Waals surface area contributed by atoms with Crippen molar-refractivity contribution in [2.45, 2.75) is 12.3 Å². The smallest absolute Gasteiger partial charge is 0.108 e. The minimum atomic E-state index is -0.371. The van der Waals surface area contributed by atoms with Crippen LogP contribution >= 0.6 is 0 Å². The molecule has 0 bridgehead atoms. The Bertz CT molecular complexity index is 363. The van der Waals surface area contributed by atoms with E-state index in [0.29, 0.717) is 5.92 Å². The van der Waals surface area contributed by atoms with Gasteiger partial charge < -0.3 is 0 Å². The number of benzene rings is 1. The van der Waals surface area contributed by atoms with Gasteiger partial charge in [-0.1, -0.05) is 36.4 Å². The molecule has 0 aromatic heterocycles. The SMILES string of the molecule is FCC=CCC1C=Cc2cc[c]cc21. The van der Waals surface area contributed by atoms with Crippen LogP contribution in [0.3, 0.4) is 0 Å². The van der Waals surface area contributed by atoms with Crippen molar-refractivity contribution in [1.29, 1.82) is 0 Å². The fourth-order valence-electron chi connectivity index (χ4n) is 1.76. The lowest BCUT2D eigenvalue weighted by Crippen LogP contribution is -1.90. The molecule has 2 rings (SSSR count). The van der Waals surface area contributed by atoms with Gasteiger partial charge >= 0.3 is 0 Å². The first kappa shape index (κ1) is 9.20. The Morgan fingerprint density at radius 3 is 3.21 bits per heavy atom. The van der Waals surface area contributed by atoms with E-state index in [1.165, 1.54) is 11.1 Å². The van der Waals surface area contributed by atoms with Gasteiger partial charge in [-0.25, -0.2) is 4.39 Å². The number of fused-ring (bicyclic) bond motifs is 1. The van der Waals surface area contributed by atoms with E-state index in [1.807, 2.05) is 18.2 Å². The zero-order valence-corrected chi connectivity index (χ0v) is 7.91. The lowest BCUT2D eigenvalue weighted by Gasteiger charge is -2.06. The molecule has 0 fully saturated rings. The Balaban J connectivity index is 2.11. The zero-order valence-electron chi connectivity index (χ0n) is 7.91. The number of alkyl halides is 1. The second-order valence-electron chi connectivity index (χ2n) is 3.38. The highest BCUT2D eigenvalue weighted by atomic mass is 19.1. The minimum Gasteiger partial charge on any atom is -0.247 e. The van der Waals surface area contributed by atoms with E-state index in [-0.39, 0.29) is 6.67 Å². The molecular formula is C13H12F. The average Bonchev–Trinajstić information content (AvgIpc) is 2.63. The Morgan fingerprint density at radius 1 is 1.43 bits per heavy atom. The van der Waals surface area contributed by atoms with Crippen LogP contribution in [-0.4, -0.2) is 6.67 Å². The molecule has 1 unspecified atom stereocenters. The molecule has 0 saturated heterocycles. The molecule has 71 valence electrons. The summed E-state index contributed by atoms with van der Waals surface area (Å²) in [4.78, 5) is 0. The highest BCUT2D eigenvalue weighted by molar-refractivity contribution is 5.62. The Labute approximate surface area is 83.8 Å². The molecule has 1 atom stereocenters. The fourth-order valence-corrected chi connectivity index (χ4v) is 1.76. The Kier molecular flexibility index (Phi) is 2.78. The molecule has 0 nitrogen and oxygen atoms in total. The lowest BCUT2D eigenvalue weighted by molar-refractivity contribution is 0.560. The second kappa shape index (κ2) is 4.23. The number of halogens is 1. The van der Waals surface area contributed by atoms with Gasteiger partial charge in [-0.05, 0) is 29.7 Å². The first-order chi connectivity index (χ1) is 6.92. The van der Waals surface area contributed by atoms with Gasteiger partial charge in [0.25, 0.3) is 0 Å². The number of rotatable bonds is 3. The maximum absolute atomic E-state index is 11.9. The molecule has 1 aliphatic carbocycles. The van der Waals surface area contributed by atoms with Gasteiger partial charge in [-0.3, -0.25) is 0 Å². The van der Waals surface area contributed by atoms with Crippen LogP contribution in [0.5, 0.6) is 0 Å². The topological polar surface area (TPSA) is 0 Å². The van der Waals surface area contributed by atoms with Crippen LogP contribution in [0.4, 0.5) is 4.39 Å². The predicted molar refractivity (Wildman–Crippen MR) is 56.8 cm³/mol. The van der Waals surface area contributed by atoms with Crippen molar-refractivity contribution in [2.75, 3.05) is 6.67 Å². The van der Waals surface area contributed by atoms with Crippen molar-refractivity contribution in [3.05, 3.63) is 53.6 Å². The van der Waals surface area contributed by atoms with Crippen LogP contribution in [0.25, 0.3) is 6.08 Å². The summed E-state index contributed by atoms with van der Waals surface area (Å²) in [6.07, 6.45) is 8.64. The van der Waals surface area contributed by atoms with Crippen LogP contribution in [0, 0.1) is 6.07 Å². The molecule has 1 aromatic carbocycles. The Hall–Kier alpha value is -1.37. The van der Waals surface area contributed by atoms with Gasteiger partial charge in [0.1, 0.15) is 6.67 Å². The van der Waals surface area contributed by atoms with Crippen molar-refractivity contribution < 1.29 is 4.39 Å². The van der Waals surface area contributed by atoms with Crippen LogP contribution in [0.2, 0.25) is 0 Å². The zero-order chi connectivity index (χ0) is 9.80. The summed E-state index contributed by atoms with van der Waals surface area (Å²) in [7, 11) is 0. The van der Waals surface area contributed by atoms with Gasteiger partial charge in [0.15, 0.2) is 0 Å². The van der Waals surface area contributed by atoms with Crippen LogP contribution in [-0.2, 0) is 0 Å². The molecule has 1 aromatic rings. The highest BCUT2D eigenvalue weighted by Gasteiger charge is 2.14. The van der Waals surface area contributed by atoms with Gasteiger partial charge in [-0.2, -0.15) is 0 Å². The number of allylic oxidation sites excluding steroid dienone is 3. The monoisotopic (exact) mass is 187 g/mol. The summed E-state index contributed by atoms with van der Waals surface area (Å²) in [5.74, 6) is 0.408. The number of hydrogen-bond donors (Lipinski definition) is 0. The average molecular weight is 187 g/mol. The van der Waals surface area contributed by atoms with Crippen molar-refractivity contribution >= 4 is 6.08 Å². The van der Waals surface area contributed by atoms with Gasteiger partial charge in [0.2, 0.25) is 0 Å². The van der Waals surface area contributed by atoms with E-state index >= 15 is 0 Å². The maximum Gasteiger partial charge on any atom is 0.108 e. The third-order valence-electron chi connectivity index (χ3n) is 2.48. The normalized spacial score (nSPS) is 19.1. The van der Waals surface area contributed by atoms with Gasteiger partial charge in [-0.15, -0.1) is 0 Å². The summed E-state index contributed by atoms with van der Waals surface area (Å²) >= 11 is 0. The van der Waals surface area contributed by atoms with E-state index in [2.05, 4.69) is 24.3 Å². The van der Waals surface area contributed by atoms with E-state index in [1.54, 1.807) is 6.08 Å². The van der Waals surface area contributed by atoms with Gasteiger partial charge in [0, 0.05) is 5.92 Å². The van der Waals surface area contributed by atoms with Crippen LogP contribution in [0.15, 0.2) is 36.4 Å². The highest BCUT2D eigenvalue weighted by Crippen LogP contribution is 2.32. The number of hydrogen-bond acceptors (Lipinski definition) is 0. The molecule has 14 heavy (non-hydrogen) atoms. The van der Waals surface area contributed by atoms with E-state index in [9.17, 15) is 4.39 Å². The summed E-state index contributed by atoms with van der Waals surface area (Å²) in [5.41, 5.74) is 2.57. The van der Waals surface area contributed by atoms with Crippen molar-refractivity contribution in [3.63, 3.8) is 0 Å². The molecule has 0 saturated carbocycles. The van der Waals surface area contributed by atoms with E-state index in [4.69, 9.17) is 0 Å². The maximum atomic E-state index is 11.9. The van der Waals surface area contributed by atoms with Crippen molar-refractivity contribution in [2.24, 2.45) is 0 Å². The van der Waals surface area contributed by atoms with Crippen LogP contribution in [0.1, 0.15) is 23.5 Å². The van der Waals surface area contributed by atoms with E-state index in [0.717, 1.165) is 6.42 Å². The summed E-state index contributed by atoms with van der Waals surface area (Å²) in [6.45, 7) is -0.371. The standard InChI is InChI=1S/C13H12F/c14-10-4-3-6-12-9-8-11-5-1-2-7-13(11)12/h1,3-5,7-9,12H,6,10H2. The molecule has 0 aliphatic heterocycles. The first-order valence-electron chi connectivity index (χ1n) is 4.81. The Morgan fingerprint density at radius 2 is 2.36 bits per heavy atom. The molecule has 1 aliphatic rings. The minimum absolute atomic E-state index is 0.371. The van der Waals surface area contributed by atoms with Crippen LogP contribution < -0.4 is 0 Å². The van der Waals surface area contributed by atoms with Gasteiger partial charge in [0.05, 0.1) is 0 Å². The fraction of sp³-hybridized carbons (Fsp3) is 0.231. The predicted octanol–water partition coefficient (Wildman–Crippen LogP) is 3.51. The first-order valence-corrected chi connectivity index (χ1v) is 4.81.